The van der Waals surface area contributed by atoms with Gasteiger partial charge in [0.1, 0.15) is 11.6 Å². The molecule has 0 bridgehead atoms. The summed E-state index contributed by atoms with van der Waals surface area (Å²) in [4.78, 5) is 0. The highest BCUT2D eigenvalue weighted by atomic mass is 19.4. The van der Waals surface area contributed by atoms with E-state index in [1.807, 2.05) is 0 Å². The molecule has 1 aromatic carbocycles. The highest BCUT2D eigenvalue weighted by Gasteiger charge is 2.28. The maximum atomic E-state index is 13.0. The van der Waals surface area contributed by atoms with Crippen LogP contribution in [0.1, 0.15) is 24.5 Å². The van der Waals surface area contributed by atoms with Gasteiger partial charge in [-0.05, 0) is 24.6 Å². The molecular weight excluding hydrogens is 231 g/mol. The summed E-state index contributed by atoms with van der Waals surface area (Å²) in [7, 11) is 0. The number of halogens is 5. The lowest BCUT2D eigenvalue weighted by Crippen LogP contribution is -2.11. The molecule has 1 nitrogen and oxygen atoms in total. The van der Waals surface area contributed by atoms with E-state index >= 15 is 0 Å². The Labute approximate surface area is 88.5 Å². The minimum absolute atomic E-state index is 0.454. The van der Waals surface area contributed by atoms with Crippen molar-refractivity contribution in [2.75, 3.05) is 0 Å². The van der Waals surface area contributed by atoms with Gasteiger partial charge >= 0.3 is 6.18 Å². The van der Waals surface area contributed by atoms with E-state index in [0.29, 0.717) is 6.07 Å². The van der Waals surface area contributed by atoms with Crippen LogP contribution >= 0.6 is 0 Å². The second kappa shape index (κ2) is 4.78. The number of aliphatic hydroxyl groups is 1. The van der Waals surface area contributed by atoms with E-state index in [0.717, 1.165) is 12.1 Å². The van der Waals surface area contributed by atoms with Crippen molar-refractivity contribution >= 4 is 0 Å². The van der Waals surface area contributed by atoms with Crippen LogP contribution in [0.4, 0.5) is 22.0 Å². The summed E-state index contributed by atoms with van der Waals surface area (Å²) in [5.41, 5.74) is -0.454. The first-order chi connectivity index (χ1) is 7.29. The lowest BCUT2D eigenvalue weighted by atomic mass is 10.0. The van der Waals surface area contributed by atoms with E-state index in [1.54, 1.807) is 0 Å². The molecule has 1 aromatic rings. The van der Waals surface area contributed by atoms with Gasteiger partial charge in [0.15, 0.2) is 0 Å². The van der Waals surface area contributed by atoms with E-state index < -0.39 is 42.3 Å². The van der Waals surface area contributed by atoms with Crippen molar-refractivity contribution in [1.82, 2.24) is 0 Å². The van der Waals surface area contributed by atoms with Crippen LogP contribution in [0.5, 0.6) is 0 Å². The Morgan fingerprint density at radius 1 is 1.19 bits per heavy atom. The fourth-order valence-electron chi connectivity index (χ4n) is 1.23. The fraction of sp³-hybridized carbons (Fsp3) is 0.400. The zero-order valence-corrected chi connectivity index (χ0v) is 8.06. The van der Waals surface area contributed by atoms with Gasteiger partial charge in [-0.1, -0.05) is 0 Å². The van der Waals surface area contributed by atoms with E-state index in [2.05, 4.69) is 0 Å². The molecule has 0 radical (unpaired) electrons. The maximum Gasteiger partial charge on any atom is 0.389 e. The maximum absolute atomic E-state index is 13.0. The average Bonchev–Trinajstić information content (AvgIpc) is 2.17. The van der Waals surface area contributed by atoms with Crippen LogP contribution in [-0.4, -0.2) is 11.3 Å². The average molecular weight is 240 g/mol. The minimum Gasteiger partial charge on any atom is -0.388 e. The summed E-state index contributed by atoms with van der Waals surface area (Å²) in [6.45, 7) is 0. The van der Waals surface area contributed by atoms with Crippen LogP contribution in [0.25, 0.3) is 0 Å². The number of hydrogen-bond acceptors (Lipinski definition) is 1. The number of rotatable bonds is 3. The predicted octanol–water partition coefficient (Wildman–Crippen LogP) is 3.34. The molecular formula is C10H9F5O. The van der Waals surface area contributed by atoms with Crippen LogP contribution in [-0.2, 0) is 0 Å². The van der Waals surface area contributed by atoms with Crippen molar-refractivity contribution in [3.05, 3.63) is 35.4 Å². The first-order valence-electron chi connectivity index (χ1n) is 4.49. The molecule has 16 heavy (non-hydrogen) atoms. The smallest absolute Gasteiger partial charge is 0.388 e. The summed E-state index contributed by atoms with van der Waals surface area (Å²) in [6.07, 6.45) is -8.02. The van der Waals surface area contributed by atoms with Crippen molar-refractivity contribution in [1.29, 1.82) is 0 Å². The second-order valence-corrected chi connectivity index (χ2v) is 3.34. The lowest BCUT2D eigenvalue weighted by molar-refractivity contribution is -0.140. The summed E-state index contributed by atoms with van der Waals surface area (Å²) in [5.74, 6) is -1.72. The Morgan fingerprint density at radius 3 is 2.38 bits per heavy atom. The van der Waals surface area contributed by atoms with E-state index in [-0.39, 0.29) is 0 Å². The third kappa shape index (κ3) is 3.77. The highest BCUT2D eigenvalue weighted by molar-refractivity contribution is 5.20. The van der Waals surface area contributed by atoms with Crippen LogP contribution in [0.15, 0.2) is 18.2 Å². The summed E-state index contributed by atoms with van der Waals surface area (Å²) < 4.78 is 61.2. The van der Waals surface area contributed by atoms with Gasteiger partial charge in [0.05, 0.1) is 6.10 Å². The van der Waals surface area contributed by atoms with Gasteiger partial charge < -0.3 is 5.11 Å². The van der Waals surface area contributed by atoms with E-state index in [9.17, 15) is 27.1 Å². The lowest BCUT2D eigenvalue weighted by Gasteiger charge is -2.13. The van der Waals surface area contributed by atoms with Gasteiger partial charge in [0.2, 0.25) is 0 Å². The Morgan fingerprint density at radius 2 is 1.81 bits per heavy atom. The third-order valence-corrected chi connectivity index (χ3v) is 2.02. The molecule has 0 aliphatic carbocycles. The standard InChI is InChI=1S/C10H9F5O/c11-6-1-2-8(12)7(5-6)9(16)3-4-10(13,14)15/h1-2,5,9,16H,3-4H2. The van der Waals surface area contributed by atoms with Gasteiger partial charge in [0, 0.05) is 12.0 Å². The molecule has 90 valence electrons. The summed E-state index contributed by atoms with van der Waals surface area (Å²) in [6, 6.07) is 2.28. The molecule has 0 saturated heterocycles. The highest BCUT2D eigenvalue weighted by Crippen LogP contribution is 2.28. The number of alkyl halides is 3. The number of aliphatic hydroxyl groups excluding tert-OH is 1. The number of benzene rings is 1. The van der Waals surface area contributed by atoms with Gasteiger partial charge in [-0.2, -0.15) is 13.2 Å². The molecule has 0 fully saturated rings. The molecule has 6 heteroatoms. The number of hydrogen-bond donors (Lipinski definition) is 1. The summed E-state index contributed by atoms with van der Waals surface area (Å²) >= 11 is 0. The quantitative estimate of drug-likeness (QED) is 0.803. The molecule has 0 amide bonds. The summed E-state index contributed by atoms with van der Waals surface area (Å²) in [5, 5.41) is 9.28. The van der Waals surface area contributed by atoms with Crippen molar-refractivity contribution in [2.45, 2.75) is 25.1 Å². The van der Waals surface area contributed by atoms with E-state index in [4.69, 9.17) is 0 Å². The molecule has 0 saturated carbocycles. The predicted molar refractivity (Wildman–Crippen MR) is 46.6 cm³/mol. The molecule has 1 N–H and O–H groups in total. The van der Waals surface area contributed by atoms with Crippen molar-refractivity contribution in [3.63, 3.8) is 0 Å². The fourth-order valence-corrected chi connectivity index (χ4v) is 1.23. The molecule has 0 aliphatic rings. The Balaban J connectivity index is 2.73. The van der Waals surface area contributed by atoms with Crippen LogP contribution in [0, 0.1) is 11.6 Å². The van der Waals surface area contributed by atoms with Gasteiger partial charge in [0.25, 0.3) is 0 Å². The Hall–Kier alpha value is -1.17. The normalized spacial score (nSPS) is 13.9. The van der Waals surface area contributed by atoms with Crippen LogP contribution < -0.4 is 0 Å². The van der Waals surface area contributed by atoms with Gasteiger partial charge in [-0.25, -0.2) is 8.78 Å². The molecule has 0 aromatic heterocycles. The van der Waals surface area contributed by atoms with Crippen LogP contribution in [0.3, 0.4) is 0 Å². The van der Waals surface area contributed by atoms with Crippen molar-refractivity contribution < 1.29 is 27.1 Å². The van der Waals surface area contributed by atoms with Gasteiger partial charge in [-0.3, -0.25) is 0 Å². The SMILES string of the molecule is OC(CCC(F)(F)F)c1cc(F)ccc1F. The third-order valence-electron chi connectivity index (χ3n) is 2.02. The Kier molecular flexibility index (Phi) is 3.85. The first kappa shape index (κ1) is 12.9. The van der Waals surface area contributed by atoms with E-state index in [1.165, 1.54) is 0 Å². The minimum atomic E-state index is -4.43. The molecule has 1 rings (SSSR count). The molecule has 1 atom stereocenters. The molecule has 0 aliphatic heterocycles. The molecule has 0 heterocycles. The zero-order chi connectivity index (χ0) is 12.3. The zero-order valence-electron chi connectivity index (χ0n) is 8.06. The van der Waals surface area contributed by atoms with Crippen LogP contribution in [0.2, 0.25) is 0 Å². The van der Waals surface area contributed by atoms with Crippen molar-refractivity contribution in [2.24, 2.45) is 0 Å². The van der Waals surface area contributed by atoms with Crippen molar-refractivity contribution in [3.8, 4) is 0 Å². The Bertz CT molecular complexity index is 361. The largest absolute Gasteiger partial charge is 0.389 e. The molecule has 0 spiro atoms. The monoisotopic (exact) mass is 240 g/mol. The molecule has 1 unspecified atom stereocenters. The second-order valence-electron chi connectivity index (χ2n) is 3.34. The topological polar surface area (TPSA) is 20.2 Å². The first-order valence-corrected chi connectivity index (χ1v) is 4.49. The van der Waals surface area contributed by atoms with Gasteiger partial charge in [-0.15, -0.1) is 0 Å².